The van der Waals surface area contributed by atoms with Crippen LogP contribution < -0.4 is 4.90 Å². The van der Waals surface area contributed by atoms with Gasteiger partial charge in [-0.2, -0.15) is 0 Å². The Hall–Kier alpha value is -1.20. The highest BCUT2D eigenvalue weighted by Gasteiger charge is 2.27. The molecule has 0 aromatic carbocycles. The van der Waals surface area contributed by atoms with Crippen LogP contribution in [0, 0.1) is 0 Å². The Balaban J connectivity index is 2.24. The second-order valence-corrected chi connectivity index (χ2v) is 4.73. The molecule has 1 atom stereocenters. The highest BCUT2D eigenvalue weighted by Crippen LogP contribution is 2.25. The molecule has 92 valence electrons. The summed E-state index contributed by atoms with van der Waals surface area (Å²) in [6.45, 7) is 1.75. The average molecular weight is 255 g/mol. The van der Waals surface area contributed by atoms with Crippen LogP contribution >= 0.6 is 11.6 Å². The molecular formula is C11H15ClN4O. The number of carbonyl (C=O) groups excluding carboxylic acids is 1. The minimum absolute atomic E-state index is 0.221. The van der Waals surface area contributed by atoms with Crippen LogP contribution in [0.2, 0.25) is 5.15 Å². The number of nitrogens with zero attached hydrogens (tertiary/aromatic N) is 4. The fraction of sp³-hybridized carbons (Fsp3) is 0.545. The van der Waals surface area contributed by atoms with E-state index in [9.17, 15) is 4.79 Å². The van der Waals surface area contributed by atoms with E-state index in [1.165, 1.54) is 6.33 Å². The van der Waals surface area contributed by atoms with Gasteiger partial charge < -0.3 is 9.80 Å². The van der Waals surface area contributed by atoms with Crippen molar-refractivity contribution in [2.45, 2.75) is 12.5 Å². The van der Waals surface area contributed by atoms with Gasteiger partial charge >= 0.3 is 0 Å². The monoisotopic (exact) mass is 254 g/mol. The van der Waals surface area contributed by atoms with E-state index in [0.717, 1.165) is 25.8 Å². The number of carbonyl (C=O) groups is 1. The molecule has 1 saturated heterocycles. The molecule has 1 aromatic heterocycles. The van der Waals surface area contributed by atoms with Crippen LogP contribution in [-0.2, 0) is 0 Å². The standard InChI is InChI=1S/C11H15ClN4O/c1-15(2)8-3-4-16(5-8)11-9(6-17)10(12)13-7-14-11/h6-8H,3-5H2,1-2H3. The molecule has 1 unspecified atom stereocenters. The molecule has 0 spiro atoms. The van der Waals surface area contributed by atoms with Crippen molar-refractivity contribution in [2.75, 3.05) is 32.1 Å². The van der Waals surface area contributed by atoms with Gasteiger partial charge in [0.2, 0.25) is 0 Å². The zero-order chi connectivity index (χ0) is 12.4. The van der Waals surface area contributed by atoms with Crippen LogP contribution in [-0.4, -0.2) is 54.4 Å². The van der Waals surface area contributed by atoms with Crippen molar-refractivity contribution in [1.82, 2.24) is 14.9 Å². The Morgan fingerprint density at radius 3 is 2.88 bits per heavy atom. The number of aromatic nitrogens is 2. The van der Waals surface area contributed by atoms with Crippen molar-refractivity contribution in [2.24, 2.45) is 0 Å². The summed E-state index contributed by atoms with van der Waals surface area (Å²) < 4.78 is 0. The molecule has 1 aliphatic heterocycles. The van der Waals surface area contributed by atoms with E-state index in [4.69, 9.17) is 11.6 Å². The molecule has 0 amide bonds. The lowest BCUT2D eigenvalue weighted by Gasteiger charge is -2.21. The first-order valence-electron chi connectivity index (χ1n) is 5.50. The number of rotatable bonds is 3. The topological polar surface area (TPSA) is 49.3 Å². The maximum atomic E-state index is 11.0. The highest BCUT2D eigenvalue weighted by atomic mass is 35.5. The summed E-state index contributed by atoms with van der Waals surface area (Å²) in [6, 6.07) is 0.489. The zero-order valence-electron chi connectivity index (χ0n) is 9.93. The normalized spacial score (nSPS) is 20.0. The van der Waals surface area contributed by atoms with Crippen molar-refractivity contribution in [3.63, 3.8) is 0 Å². The summed E-state index contributed by atoms with van der Waals surface area (Å²) in [5, 5.41) is 0.221. The second-order valence-electron chi connectivity index (χ2n) is 4.37. The van der Waals surface area contributed by atoms with Gasteiger partial charge in [0.05, 0.1) is 5.56 Å². The molecule has 6 heteroatoms. The summed E-state index contributed by atoms with van der Waals surface area (Å²) in [4.78, 5) is 23.3. The van der Waals surface area contributed by atoms with Crippen molar-refractivity contribution in [1.29, 1.82) is 0 Å². The summed E-state index contributed by atoms with van der Waals surface area (Å²) in [5.74, 6) is 0.643. The third-order valence-electron chi connectivity index (χ3n) is 3.13. The van der Waals surface area contributed by atoms with E-state index in [1.807, 2.05) is 0 Å². The number of aldehydes is 1. The Bertz CT molecular complexity index is 424. The highest BCUT2D eigenvalue weighted by molar-refractivity contribution is 6.32. The fourth-order valence-electron chi connectivity index (χ4n) is 2.07. The van der Waals surface area contributed by atoms with Gasteiger partial charge in [-0.3, -0.25) is 4.79 Å². The molecule has 0 N–H and O–H groups in total. The fourth-order valence-corrected chi connectivity index (χ4v) is 2.25. The molecule has 0 aliphatic carbocycles. The molecule has 17 heavy (non-hydrogen) atoms. The third kappa shape index (κ3) is 2.40. The van der Waals surface area contributed by atoms with E-state index in [2.05, 4.69) is 33.9 Å². The van der Waals surface area contributed by atoms with E-state index in [-0.39, 0.29) is 5.15 Å². The predicted octanol–water partition coefficient (Wildman–Crippen LogP) is 1.08. The first kappa shape index (κ1) is 12.3. The van der Waals surface area contributed by atoms with E-state index < -0.39 is 0 Å². The quantitative estimate of drug-likeness (QED) is 0.597. The van der Waals surface area contributed by atoms with E-state index in [1.54, 1.807) is 0 Å². The van der Waals surface area contributed by atoms with Crippen LogP contribution in [0.5, 0.6) is 0 Å². The largest absolute Gasteiger partial charge is 0.354 e. The smallest absolute Gasteiger partial charge is 0.156 e. The summed E-state index contributed by atoms with van der Waals surface area (Å²) in [5.41, 5.74) is 0.383. The van der Waals surface area contributed by atoms with Gasteiger partial charge in [0, 0.05) is 19.1 Å². The van der Waals surface area contributed by atoms with Crippen LogP contribution in [0.4, 0.5) is 5.82 Å². The summed E-state index contributed by atoms with van der Waals surface area (Å²) in [7, 11) is 4.11. The molecule has 0 radical (unpaired) electrons. The number of anilines is 1. The Labute approximate surface area is 105 Å². The SMILES string of the molecule is CN(C)C1CCN(c2ncnc(Cl)c2C=O)C1. The van der Waals surface area contributed by atoms with Gasteiger partial charge in [-0.15, -0.1) is 0 Å². The lowest BCUT2D eigenvalue weighted by atomic mass is 10.2. The van der Waals surface area contributed by atoms with Crippen molar-refractivity contribution in [3.8, 4) is 0 Å². The van der Waals surface area contributed by atoms with Crippen molar-refractivity contribution < 1.29 is 4.79 Å². The molecule has 2 rings (SSSR count). The minimum atomic E-state index is 0.221. The molecule has 2 heterocycles. The van der Waals surface area contributed by atoms with Crippen LogP contribution in [0.1, 0.15) is 16.8 Å². The van der Waals surface area contributed by atoms with Crippen molar-refractivity contribution in [3.05, 3.63) is 17.0 Å². The number of hydrogen-bond acceptors (Lipinski definition) is 5. The molecule has 5 nitrogen and oxygen atoms in total. The molecule has 1 fully saturated rings. The van der Waals surface area contributed by atoms with Gasteiger partial charge in [0.1, 0.15) is 17.3 Å². The Morgan fingerprint density at radius 2 is 2.29 bits per heavy atom. The summed E-state index contributed by atoms with van der Waals surface area (Å²) >= 11 is 5.89. The van der Waals surface area contributed by atoms with Crippen LogP contribution in [0.25, 0.3) is 0 Å². The number of halogens is 1. The zero-order valence-corrected chi connectivity index (χ0v) is 10.7. The molecule has 0 saturated carbocycles. The molecule has 0 bridgehead atoms. The van der Waals surface area contributed by atoms with Gasteiger partial charge in [-0.05, 0) is 20.5 Å². The average Bonchev–Trinajstić information content (AvgIpc) is 2.77. The maximum Gasteiger partial charge on any atom is 0.156 e. The van der Waals surface area contributed by atoms with Crippen LogP contribution in [0.15, 0.2) is 6.33 Å². The lowest BCUT2D eigenvalue weighted by Crippen LogP contribution is -2.32. The Morgan fingerprint density at radius 1 is 1.53 bits per heavy atom. The first-order chi connectivity index (χ1) is 8.13. The van der Waals surface area contributed by atoms with Crippen LogP contribution in [0.3, 0.4) is 0 Å². The van der Waals surface area contributed by atoms with Gasteiger partial charge in [-0.25, -0.2) is 9.97 Å². The minimum Gasteiger partial charge on any atom is -0.354 e. The number of hydrogen-bond donors (Lipinski definition) is 0. The second kappa shape index (κ2) is 4.98. The van der Waals surface area contributed by atoms with Gasteiger partial charge in [0.25, 0.3) is 0 Å². The lowest BCUT2D eigenvalue weighted by molar-refractivity contribution is 0.112. The Kier molecular flexibility index (Phi) is 3.59. The van der Waals surface area contributed by atoms with E-state index in [0.29, 0.717) is 17.4 Å². The predicted molar refractivity (Wildman–Crippen MR) is 66.7 cm³/mol. The first-order valence-corrected chi connectivity index (χ1v) is 5.88. The molecule has 1 aromatic rings. The summed E-state index contributed by atoms with van der Waals surface area (Å²) in [6.07, 6.45) is 3.18. The molecular weight excluding hydrogens is 240 g/mol. The van der Waals surface area contributed by atoms with Gasteiger partial charge in [-0.1, -0.05) is 11.6 Å². The molecule has 1 aliphatic rings. The van der Waals surface area contributed by atoms with Gasteiger partial charge in [0.15, 0.2) is 6.29 Å². The van der Waals surface area contributed by atoms with E-state index >= 15 is 0 Å². The number of likely N-dealkylation sites (N-methyl/N-ethyl adjacent to an activating group) is 1. The van der Waals surface area contributed by atoms with Crippen molar-refractivity contribution >= 4 is 23.7 Å². The maximum absolute atomic E-state index is 11.0. The third-order valence-corrected chi connectivity index (χ3v) is 3.43.